The molecule has 0 saturated heterocycles. The number of hydrogen-bond donors (Lipinski definition) is 1. The Morgan fingerprint density at radius 3 is 2.24 bits per heavy atom. The summed E-state index contributed by atoms with van der Waals surface area (Å²) in [5.74, 6) is -2.60. The van der Waals surface area contributed by atoms with Crippen molar-refractivity contribution in [1.82, 2.24) is 0 Å². The van der Waals surface area contributed by atoms with Gasteiger partial charge in [-0.15, -0.1) is 0 Å². The van der Waals surface area contributed by atoms with E-state index in [2.05, 4.69) is 0 Å². The molecule has 2 aromatic rings. The molecule has 112 valence electrons. The van der Waals surface area contributed by atoms with Crippen LogP contribution in [0, 0.1) is 0 Å². The minimum atomic E-state index is -3.01. The summed E-state index contributed by atoms with van der Waals surface area (Å²) in [7, 11) is 0. The Hall–Kier alpha value is -1.94. The molecule has 0 radical (unpaired) electrons. The van der Waals surface area contributed by atoms with Gasteiger partial charge in [-0.05, 0) is 24.1 Å². The predicted molar refractivity (Wildman–Crippen MR) is 79.5 cm³/mol. The van der Waals surface area contributed by atoms with Crippen molar-refractivity contribution in [2.75, 3.05) is 6.61 Å². The van der Waals surface area contributed by atoms with Gasteiger partial charge in [0.2, 0.25) is 0 Å². The average Bonchev–Trinajstić information content (AvgIpc) is 2.53. The van der Waals surface area contributed by atoms with E-state index < -0.39 is 12.5 Å². The Morgan fingerprint density at radius 1 is 1.05 bits per heavy atom. The lowest BCUT2D eigenvalue weighted by molar-refractivity contribution is -0.0467. The Balaban J connectivity index is 1.99. The summed E-state index contributed by atoms with van der Waals surface area (Å²) >= 11 is 0. The summed E-state index contributed by atoms with van der Waals surface area (Å²) in [6, 6.07) is 14.6. The molecule has 1 unspecified atom stereocenters. The molecule has 0 amide bonds. The number of ether oxygens (including phenoxy) is 1. The Kier molecular flexibility index (Phi) is 4.91. The topological polar surface area (TPSA) is 35.2 Å². The van der Waals surface area contributed by atoms with Crippen LogP contribution in [0.1, 0.15) is 30.5 Å². The fourth-order valence-corrected chi connectivity index (χ4v) is 1.99. The molecule has 21 heavy (non-hydrogen) atoms. The van der Waals surface area contributed by atoms with E-state index in [1.807, 2.05) is 19.1 Å². The number of halogens is 2. The highest BCUT2D eigenvalue weighted by Crippen LogP contribution is 2.29. The zero-order chi connectivity index (χ0) is 15.3. The van der Waals surface area contributed by atoms with Crippen LogP contribution in [0.2, 0.25) is 0 Å². The van der Waals surface area contributed by atoms with E-state index in [0.717, 1.165) is 12.0 Å². The quantitative estimate of drug-likeness (QED) is 0.862. The van der Waals surface area contributed by atoms with Crippen molar-refractivity contribution < 1.29 is 13.5 Å². The predicted octanol–water partition coefficient (Wildman–Crippen LogP) is 4.27. The maximum absolute atomic E-state index is 14.0. The summed E-state index contributed by atoms with van der Waals surface area (Å²) in [6.07, 6.45) is 0.826. The van der Waals surface area contributed by atoms with E-state index in [-0.39, 0.29) is 11.6 Å². The molecule has 2 N–H and O–H groups in total. The van der Waals surface area contributed by atoms with Crippen LogP contribution in [0.3, 0.4) is 0 Å². The zero-order valence-electron chi connectivity index (χ0n) is 11.9. The lowest BCUT2D eigenvalue weighted by atomic mass is 10.1. The van der Waals surface area contributed by atoms with Crippen molar-refractivity contribution in [3.63, 3.8) is 0 Å². The number of hydrogen-bond acceptors (Lipinski definition) is 2. The summed E-state index contributed by atoms with van der Waals surface area (Å²) in [4.78, 5) is 0. The van der Waals surface area contributed by atoms with Crippen molar-refractivity contribution in [2.45, 2.75) is 25.3 Å². The first kappa shape index (κ1) is 15.4. The first-order valence-corrected chi connectivity index (χ1v) is 6.94. The fourth-order valence-electron chi connectivity index (χ4n) is 1.99. The van der Waals surface area contributed by atoms with Gasteiger partial charge in [0.15, 0.2) is 6.61 Å². The van der Waals surface area contributed by atoms with Crippen LogP contribution in [-0.2, 0) is 5.92 Å². The molecule has 0 saturated carbocycles. The van der Waals surface area contributed by atoms with E-state index >= 15 is 0 Å². The van der Waals surface area contributed by atoms with Gasteiger partial charge in [-0.1, -0.05) is 49.4 Å². The average molecular weight is 291 g/mol. The van der Waals surface area contributed by atoms with E-state index in [1.165, 1.54) is 12.1 Å². The van der Waals surface area contributed by atoms with Crippen molar-refractivity contribution in [2.24, 2.45) is 5.73 Å². The summed E-state index contributed by atoms with van der Waals surface area (Å²) in [6.45, 7) is 1.31. The molecule has 0 fully saturated rings. The van der Waals surface area contributed by atoms with Gasteiger partial charge in [0.25, 0.3) is 0 Å². The molecule has 2 aromatic carbocycles. The molecule has 0 aromatic heterocycles. The molecule has 0 aliphatic carbocycles. The number of nitrogens with two attached hydrogens (primary N) is 1. The third kappa shape index (κ3) is 4.02. The molecule has 2 rings (SSSR count). The lowest BCUT2D eigenvalue weighted by Crippen LogP contribution is -2.23. The van der Waals surface area contributed by atoms with Crippen molar-refractivity contribution in [3.05, 3.63) is 65.7 Å². The molecule has 0 bridgehead atoms. The van der Waals surface area contributed by atoms with E-state index in [0.29, 0.717) is 5.75 Å². The summed E-state index contributed by atoms with van der Waals surface area (Å²) in [5, 5.41) is 0. The Bertz CT molecular complexity index is 555. The molecular formula is C17H19F2NO. The lowest BCUT2D eigenvalue weighted by Gasteiger charge is -2.18. The summed E-state index contributed by atoms with van der Waals surface area (Å²) in [5.41, 5.74) is 6.83. The molecule has 0 aliphatic heterocycles. The highest BCUT2D eigenvalue weighted by molar-refractivity contribution is 5.29. The molecule has 1 atom stereocenters. The van der Waals surface area contributed by atoms with Crippen LogP contribution in [-0.4, -0.2) is 6.61 Å². The number of benzene rings is 2. The van der Waals surface area contributed by atoms with Crippen molar-refractivity contribution in [3.8, 4) is 5.75 Å². The zero-order valence-corrected chi connectivity index (χ0v) is 11.9. The largest absolute Gasteiger partial charge is 0.487 e. The van der Waals surface area contributed by atoms with Gasteiger partial charge < -0.3 is 10.5 Å². The molecule has 0 aliphatic rings. The Labute approximate surface area is 123 Å². The van der Waals surface area contributed by atoms with Crippen LogP contribution in [0.5, 0.6) is 5.75 Å². The van der Waals surface area contributed by atoms with Crippen LogP contribution in [0.25, 0.3) is 0 Å². The Morgan fingerprint density at radius 2 is 1.67 bits per heavy atom. The second-order valence-electron chi connectivity index (χ2n) is 4.94. The second-order valence-corrected chi connectivity index (χ2v) is 4.94. The van der Waals surface area contributed by atoms with E-state index in [1.54, 1.807) is 30.3 Å². The van der Waals surface area contributed by atoms with Gasteiger partial charge in [0, 0.05) is 11.6 Å². The number of rotatable bonds is 6. The third-order valence-corrected chi connectivity index (χ3v) is 3.36. The van der Waals surface area contributed by atoms with Crippen LogP contribution >= 0.6 is 0 Å². The SMILES string of the molecule is CCC(N)c1ccc(OCC(F)(F)c2ccccc2)cc1. The molecular weight excluding hydrogens is 272 g/mol. The molecule has 0 spiro atoms. The smallest absolute Gasteiger partial charge is 0.306 e. The van der Waals surface area contributed by atoms with Crippen molar-refractivity contribution in [1.29, 1.82) is 0 Å². The maximum Gasteiger partial charge on any atom is 0.306 e. The van der Waals surface area contributed by atoms with Gasteiger partial charge in [0.05, 0.1) is 0 Å². The highest BCUT2D eigenvalue weighted by Gasteiger charge is 2.32. The van der Waals surface area contributed by atoms with Crippen molar-refractivity contribution >= 4 is 0 Å². The maximum atomic E-state index is 14.0. The van der Waals surface area contributed by atoms with Crippen LogP contribution in [0.4, 0.5) is 8.78 Å². The van der Waals surface area contributed by atoms with E-state index in [4.69, 9.17) is 10.5 Å². The van der Waals surface area contributed by atoms with Gasteiger partial charge in [0.1, 0.15) is 5.75 Å². The standard InChI is InChI=1S/C17H19F2NO/c1-2-16(20)13-8-10-15(11-9-13)21-12-17(18,19)14-6-4-3-5-7-14/h3-11,16H,2,12,20H2,1H3. The second kappa shape index (κ2) is 6.68. The third-order valence-electron chi connectivity index (χ3n) is 3.36. The monoisotopic (exact) mass is 291 g/mol. The van der Waals surface area contributed by atoms with E-state index in [9.17, 15) is 8.78 Å². The summed E-state index contributed by atoms with van der Waals surface area (Å²) < 4.78 is 33.1. The first-order valence-electron chi connectivity index (χ1n) is 6.94. The van der Waals surface area contributed by atoms with Gasteiger partial charge in [-0.2, -0.15) is 8.78 Å². The normalized spacial score (nSPS) is 13.0. The first-order chi connectivity index (χ1) is 10.0. The number of alkyl halides is 2. The van der Waals surface area contributed by atoms with Crippen LogP contribution < -0.4 is 10.5 Å². The fraction of sp³-hybridized carbons (Fsp3) is 0.294. The minimum absolute atomic E-state index is 0.0372. The molecule has 2 nitrogen and oxygen atoms in total. The van der Waals surface area contributed by atoms with Gasteiger partial charge >= 0.3 is 5.92 Å². The molecule has 0 heterocycles. The van der Waals surface area contributed by atoms with Gasteiger partial charge in [-0.3, -0.25) is 0 Å². The van der Waals surface area contributed by atoms with Crippen LogP contribution in [0.15, 0.2) is 54.6 Å². The molecule has 4 heteroatoms. The highest BCUT2D eigenvalue weighted by atomic mass is 19.3. The minimum Gasteiger partial charge on any atom is -0.487 e. The van der Waals surface area contributed by atoms with Gasteiger partial charge in [-0.25, -0.2) is 0 Å².